The molecule has 0 saturated carbocycles. The molecule has 2 bridgehead atoms. The van der Waals surface area contributed by atoms with Gasteiger partial charge in [0.15, 0.2) is 5.82 Å². The average Bonchev–Trinajstić information content (AvgIpc) is 3.55. The second kappa shape index (κ2) is 15.2. The zero-order valence-corrected chi connectivity index (χ0v) is 31.2. The van der Waals surface area contributed by atoms with E-state index in [-0.39, 0.29) is 57.2 Å². The number of amides is 2. The maximum absolute atomic E-state index is 16.9. The highest BCUT2D eigenvalue weighted by Gasteiger charge is 2.35. The number of benzene rings is 3. The molecular weight excluding hydrogens is 731 g/mol. The van der Waals surface area contributed by atoms with Crippen molar-refractivity contribution in [3.05, 3.63) is 77.5 Å². The quantitative estimate of drug-likeness (QED) is 0.115. The molecule has 292 valence electrons. The van der Waals surface area contributed by atoms with Crippen molar-refractivity contribution in [1.29, 1.82) is 0 Å². The summed E-state index contributed by atoms with van der Waals surface area (Å²) >= 11 is 0. The number of aromatic hydroxyl groups is 1. The van der Waals surface area contributed by atoms with Gasteiger partial charge in [-0.1, -0.05) is 24.1 Å². The van der Waals surface area contributed by atoms with Crippen molar-refractivity contribution >= 4 is 45.0 Å². The van der Waals surface area contributed by atoms with Crippen molar-refractivity contribution < 1.29 is 28.2 Å². The van der Waals surface area contributed by atoms with Crippen LogP contribution in [0.25, 0.3) is 32.9 Å². The van der Waals surface area contributed by atoms with Gasteiger partial charge in [0, 0.05) is 61.0 Å². The van der Waals surface area contributed by atoms with Crippen LogP contribution >= 0.6 is 0 Å². The number of piperidine rings is 2. The largest absolute Gasteiger partial charge is 0.508 e. The van der Waals surface area contributed by atoms with E-state index in [0.29, 0.717) is 61.2 Å². The van der Waals surface area contributed by atoms with Crippen LogP contribution in [0.2, 0.25) is 0 Å². The van der Waals surface area contributed by atoms with E-state index in [1.54, 1.807) is 0 Å². The van der Waals surface area contributed by atoms with E-state index in [1.165, 1.54) is 30.5 Å². The minimum Gasteiger partial charge on any atom is -0.508 e. The third-order valence-corrected chi connectivity index (χ3v) is 11.7. The molecule has 5 aromatic rings. The van der Waals surface area contributed by atoms with Gasteiger partial charge >= 0.3 is 6.01 Å². The summed E-state index contributed by atoms with van der Waals surface area (Å²) < 4.78 is 38.2. The number of anilines is 2. The number of hydrogen-bond donors (Lipinski definition) is 4. The smallest absolute Gasteiger partial charge is 0.319 e. The van der Waals surface area contributed by atoms with Gasteiger partial charge in [-0.2, -0.15) is 9.97 Å². The zero-order valence-electron chi connectivity index (χ0n) is 31.2. The van der Waals surface area contributed by atoms with Crippen LogP contribution in [0.3, 0.4) is 0 Å². The van der Waals surface area contributed by atoms with E-state index < -0.39 is 17.7 Å². The molecule has 2 aromatic heterocycles. The van der Waals surface area contributed by atoms with E-state index in [0.717, 1.165) is 56.6 Å². The number of halogens is 2. The molecule has 0 radical (unpaired) electrons. The number of pyridine rings is 1. The fourth-order valence-corrected chi connectivity index (χ4v) is 8.79. The Morgan fingerprint density at radius 2 is 1.81 bits per heavy atom. The molecule has 1 unspecified atom stereocenters. The number of aromatic nitrogens is 3. The van der Waals surface area contributed by atoms with Gasteiger partial charge in [0.25, 0.3) is 0 Å². The summed E-state index contributed by atoms with van der Waals surface area (Å²) in [5.41, 5.74) is 1.97. The van der Waals surface area contributed by atoms with Gasteiger partial charge in [-0.05, 0) is 92.4 Å². The molecule has 12 nitrogen and oxygen atoms in total. The van der Waals surface area contributed by atoms with Crippen molar-refractivity contribution in [1.82, 2.24) is 30.5 Å². The summed E-state index contributed by atoms with van der Waals surface area (Å²) in [5.74, 6) is 1.11. The Labute approximate surface area is 328 Å². The number of carbonyl (C=O) groups excluding carboxylic acids is 2. The molecule has 4 N–H and O–H groups in total. The summed E-state index contributed by atoms with van der Waals surface area (Å²) in [6, 6.07) is 13.7. The molecule has 57 heavy (non-hydrogen) atoms. The maximum Gasteiger partial charge on any atom is 0.319 e. The Balaban J connectivity index is 0.940. The summed E-state index contributed by atoms with van der Waals surface area (Å²) in [4.78, 5) is 42.3. The second-order valence-corrected chi connectivity index (χ2v) is 15.6. The zero-order chi connectivity index (χ0) is 39.2. The number of carbonyl (C=O) groups is 2. The van der Waals surface area contributed by atoms with Gasteiger partial charge in [-0.25, -0.2) is 8.78 Å². The number of imide groups is 1. The van der Waals surface area contributed by atoms with Crippen LogP contribution < -0.4 is 25.6 Å². The molecule has 6 heterocycles. The van der Waals surface area contributed by atoms with Gasteiger partial charge in [0.1, 0.15) is 34.6 Å². The van der Waals surface area contributed by atoms with Crippen LogP contribution in [0.15, 0.2) is 54.7 Å². The first-order chi connectivity index (χ1) is 27.7. The van der Waals surface area contributed by atoms with Crippen molar-refractivity contribution in [3.8, 4) is 35.4 Å². The van der Waals surface area contributed by atoms with Gasteiger partial charge in [-0.3, -0.25) is 24.8 Å². The van der Waals surface area contributed by atoms with Crippen LogP contribution in [-0.4, -0.2) is 87.7 Å². The van der Waals surface area contributed by atoms with Crippen molar-refractivity contribution in [2.45, 2.75) is 63.2 Å². The number of nitrogens with one attached hydrogen (secondary N) is 3. The number of piperazine rings is 1. The first-order valence-corrected chi connectivity index (χ1v) is 19.5. The lowest BCUT2D eigenvalue weighted by molar-refractivity contribution is -0.133. The number of ether oxygens (including phenoxy) is 1. The predicted octanol–water partition coefficient (Wildman–Crippen LogP) is 5.26. The number of likely N-dealkylation sites (tertiary alicyclic amines) is 1. The lowest BCUT2D eigenvalue weighted by atomic mass is 9.96. The molecule has 14 heteroatoms. The third-order valence-electron chi connectivity index (χ3n) is 11.7. The first kappa shape index (κ1) is 36.7. The van der Waals surface area contributed by atoms with Gasteiger partial charge in [-0.15, -0.1) is 6.42 Å². The van der Waals surface area contributed by atoms with E-state index in [4.69, 9.17) is 16.1 Å². The molecule has 3 atom stereocenters. The Morgan fingerprint density at radius 3 is 2.58 bits per heavy atom. The van der Waals surface area contributed by atoms with Crippen molar-refractivity contribution in [2.24, 2.45) is 5.92 Å². The van der Waals surface area contributed by atoms with Crippen LogP contribution in [0.4, 0.5) is 20.3 Å². The molecule has 4 aliphatic heterocycles. The Hall–Kier alpha value is -5.91. The lowest BCUT2D eigenvalue weighted by Crippen LogP contribution is -2.51. The topological polar surface area (TPSA) is 145 Å². The number of hydrogen-bond acceptors (Lipinski definition) is 11. The fourth-order valence-electron chi connectivity index (χ4n) is 8.79. The standard InChI is InChI=1S/C43H42F2N8O4/c1-2-31-34(44)9-6-26-17-30(54)18-32(37(26)31)39-38(45)40-33(19-46-39)41(53-21-28-7-8-29(22-53)47-28)51-43(50-40)57-23-24-12-14-52(15-13-24)20-25-4-3-5-27(16-25)48-35-10-11-36(55)49-42(35)56/h1,3-6,9,16-19,24,28-29,35,47-48,54H,7-8,10-15,20-23H2,(H,49,55,56)/t28-,29+,35?. The highest BCUT2D eigenvalue weighted by atomic mass is 19.1. The summed E-state index contributed by atoms with van der Waals surface area (Å²) in [5, 5.41) is 21.1. The van der Waals surface area contributed by atoms with Crippen LogP contribution in [0, 0.1) is 29.9 Å². The minimum absolute atomic E-state index is 0.0187. The SMILES string of the molecule is C#Cc1c(F)ccc2cc(O)cc(-c3ncc4c(N5C[C@H]6CC[C@@H](C5)N6)nc(OCC5CCN(Cc6cccc(NC7CCC(=O)NC7=O)c6)CC5)nc4c3F)c12. The monoisotopic (exact) mass is 772 g/mol. The van der Waals surface area contributed by atoms with E-state index in [1.807, 2.05) is 18.2 Å². The van der Waals surface area contributed by atoms with Gasteiger partial charge in [0.05, 0.1) is 17.6 Å². The molecule has 3 aromatic carbocycles. The van der Waals surface area contributed by atoms with Crippen LogP contribution in [0.1, 0.15) is 49.7 Å². The summed E-state index contributed by atoms with van der Waals surface area (Å²) in [6.45, 7) is 4.21. The Kier molecular flexibility index (Phi) is 9.80. The van der Waals surface area contributed by atoms with Crippen LogP contribution in [-0.2, 0) is 16.1 Å². The minimum atomic E-state index is -0.747. The lowest BCUT2D eigenvalue weighted by Gasteiger charge is -2.34. The number of terminal acetylenes is 1. The maximum atomic E-state index is 16.9. The molecule has 0 spiro atoms. The van der Waals surface area contributed by atoms with Crippen LogP contribution in [0.5, 0.6) is 11.8 Å². The van der Waals surface area contributed by atoms with E-state index in [9.17, 15) is 19.1 Å². The van der Waals surface area contributed by atoms with Gasteiger partial charge < -0.3 is 25.4 Å². The molecule has 0 aliphatic carbocycles. The number of nitrogens with zero attached hydrogens (tertiary/aromatic N) is 5. The van der Waals surface area contributed by atoms with Gasteiger partial charge in [0.2, 0.25) is 11.8 Å². The van der Waals surface area contributed by atoms with E-state index in [2.05, 4.69) is 47.7 Å². The third kappa shape index (κ3) is 7.40. The average molecular weight is 773 g/mol. The van der Waals surface area contributed by atoms with E-state index >= 15 is 4.39 Å². The second-order valence-electron chi connectivity index (χ2n) is 15.6. The molecule has 4 fully saturated rings. The summed E-state index contributed by atoms with van der Waals surface area (Å²) in [6.07, 6.45) is 11.9. The first-order valence-electron chi connectivity index (χ1n) is 19.5. The highest BCUT2D eigenvalue weighted by Crippen LogP contribution is 2.39. The Morgan fingerprint density at radius 1 is 1.00 bits per heavy atom. The van der Waals surface area contributed by atoms with Crippen molar-refractivity contribution in [3.63, 3.8) is 0 Å². The molecular formula is C43H42F2N8O4. The number of fused-ring (bicyclic) bond motifs is 4. The number of phenolic OH excluding ortho intramolecular Hbond substituents is 1. The molecule has 4 aliphatic rings. The van der Waals surface area contributed by atoms with Crippen molar-refractivity contribution in [2.75, 3.05) is 43.0 Å². The fraction of sp³-hybridized carbons (Fsp3) is 0.372. The molecule has 4 saturated heterocycles. The number of rotatable bonds is 9. The molecule has 2 amide bonds. The predicted molar refractivity (Wildman–Crippen MR) is 212 cm³/mol. The normalized spacial score (nSPS) is 21.5. The highest BCUT2D eigenvalue weighted by molar-refractivity contribution is 6.03. The Bertz CT molecular complexity index is 2440. The molecule has 9 rings (SSSR count). The number of phenols is 1. The summed E-state index contributed by atoms with van der Waals surface area (Å²) in [7, 11) is 0.